The van der Waals surface area contributed by atoms with Gasteiger partial charge in [-0.05, 0) is 84.0 Å². The first-order chi connectivity index (χ1) is 14.7. The summed E-state index contributed by atoms with van der Waals surface area (Å²) in [6, 6.07) is 8.97. The van der Waals surface area contributed by atoms with Gasteiger partial charge in [0.05, 0.1) is 5.56 Å². The summed E-state index contributed by atoms with van der Waals surface area (Å²) in [6.07, 6.45) is -4.05. The van der Waals surface area contributed by atoms with Crippen molar-refractivity contribution in [2.75, 3.05) is 14.1 Å². The number of rotatable bonds is 2. The number of benzene rings is 2. The number of fused-ring (bicyclic) bond motifs is 2. The molecule has 0 saturated carbocycles. The fourth-order valence-electron chi connectivity index (χ4n) is 5.04. The fourth-order valence-corrected chi connectivity index (χ4v) is 5.04. The molecule has 2 aromatic rings. The van der Waals surface area contributed by atoms with Gasteiger partial charge in [-0.25, -0.2) is 0 Å². The highest BCUT2D eigenvalue weighted by molar-refractivity contribution is 5.57. The van der Waals surface area contributed by atoms with Crippen LogP contribution in [0, 0.1) is 0 Å². The lowest BCUT2D eigenvalue weighted by atomic mass is 9.69. The summed E-state index contributed by atoms with van der Waals surface area (Å²) >= 11 is 0. The van der Waals surface area contributed by atoms with E-state index in [0.717, 1.165) is 30.5 Å². The Morgan fingerprint density at radius 1 is 1.00 bits per heavy atom. The van der Waals surface area contributed by atoms with Gasteiger partial charge in [0.15, 0.2) is 0 Å². The number of nitrogens with zero attached hydrogens (tertiary/aromatic N) is 1. The molecule has 4 rings (SSSR count). The maximum atomic E-state index is 13.6. The zero-order valence-corrected chi connectivity index (χ0v) is 19.3. The number of halogens is 3. The number of hydrogen-bond acceptors (Lipinski definition) is 4. The van der Waals surface area contributed by atoms with Crippen molar-refractivity contribution < 1.29 is 27.8 Å². The zero-order chi connectivity index (χ0) is 23.7. The van der Waals surface area contributed by atoms with E-state index in [1.54, 1.807) is 38.9 Å². The summed E-state index contributed by atoms with van der Waals surface area (Å²) in [5, 5.41) is 11.6. The topological polar surface area (TPSA) is 41.9 Å². The van der Waals surface area contributed by atoms with Gasteiger partial charge in [-0.15, -0.1) is 0 Å². The Kier molecular flexibility index (Phi) is 5.10. The van der Waals surface area contributed by atoms with Crippen LogP contribution in [0.25, 0.3) is 0 Å². The van der Waals surface area contributed by atoms with Crippen LogP contribution >= 0.6 is 0 Å². The summed E-state index contributed by atoms with van der Waals surface area (Å²) in [5.41, 5.74) is -1.43. The van der Waals surface area contributed by atoms with Crippen LogP contribution in [0.4, 0.5) is 13.2 Å². The fraction of sp³-hybridized carbons (Fsp3) is 0.520. The van der Waals surface area contributed by atoms with Crippen LogP contribution in [0.15, 0.2) is 36.4 Å². The van der Waals surface area contributed by atoms with Crippen LogP contribution in [-0.4, -0.2) is 41.4 Å². The lowest BCUT2D eigenvalue weighted by molar-refractivity contribution is -0.138. The minimum Gasteiger partial charge on any atom is -0.487 e. The largest absolute Gasteiger partial charge is 0.487 e. The van der Waals surface area contributed by atoms with Crippen molar-refractivity contribution in [3.63, 3.8) is 0 Å². The molecule has 2 heterocycles. The van der Waals surface area contributed by atoms with Gasteiger partial charge in [-0.1, -0.05) is 12.1 Å². The van der Waals surface area contributed by atoms with Gasteiger partial charge < -0.3 is 14.6 Å². The maximum Gasteiger partial charge on any atom is 0.416 e. The van der Waals surface area contributed by atoms with Gasteiger partial charge in [0.25, 0.3) is 0 Å². The molecule has 0 aliphatic carbocycles. The molecule has 32 heavy (non-hydrogen) atoms. The molecule has 2 aliphatic rings. The van der Waals surface area contributed by atoms with Crippen LogP contribution in [0.1, 0.15) is 56.4 Å². The number of ether oxygens (including phenoxy) is 2. The second kappa shape index (κ2) is 7.12. The number of hydrogen-bond donors (Lipinski definition) is 1. The Labute approximate surface area is 186 Å². The number of aryl methyl sites for hydroxylation is 1. The second-order valence-corrected chi connectivity index (χ2v) is 10.2. The van der Waals surface area contributed by atoms with Crippen molar-refractivity contribution in [3.05, 3.63) is 58.7 Å². The monoisotopic (exact) mass is 449 g/mol. The number of alkyl halides is 3. The first-order valence-electron chi connectivity index (χ1n) is 10.8. The van der Waals surface area contributed by atoms with Crippen LogP contribution < -0.4 is 9.47 Å². The lowest BCUT2D eigenvalue weighted by Gasteiger charge is -2.54. The molecular weight excluding hydrogens is 419 g/mol. The quantitative estimate of drug-likeness (QED) is 0.689. The van der Waals surface area contributed by atoms with Gasteiger partial charge in [-0.3, -0.25) is 4.90 Å². The van der Waals surface area contributed by atoms with Crippen molar-refractivity contribution in [1.82, 2.24) is 4.90 Å². The molecular formula is C25H30F3NO3. The van der Waals surface area contributed by atoms with Gasteiger partial charge in [0, 0.05) is 11.6 Å². The molecule has 0 aromatic heterocycles. The van der Waals surface area contributed by atoms with Crippen molar-refractivity contribution >= 4 is 0 Å². The first kappa shape index (κ1) is 22.9. The zero-order valence-electron chi connectivity index (χ0n) is 19.3. The van der Waals surface area contributed by atoms with E-state index in [4.69, 9.17) is 9.47 Å². The predicted octanol–water partition coefficient (Wildman–Crippen LogP) is 5.15. The molecule has 0 fully saturated rings. The van der Waals surface area contributed by atoms with Crippen molar-refractivity contribution in [1.29, 1.82) is 0 Å². The Hall–Kier alpha value is -2.25. The Balaban J connectivity index is 2.02. The third-order valence-electron chi connectivity index (χ3n) is 6.72. The van der Waals surface area contributed by atoms with E-state index in [1.807, 2.05) is 26.0 Å². The third kappa shape index (κ3) is 3.46. The SMILES string of the molecule is CN(C)[C@]1(c2cccc(C(F)(F)F)c2)c2cc3c(cc2OC(C)(C)[C@H]1O)OC(C)(C)CC3. The van der Waals surface area contributed by atoms with E-state index in [2.05, 4.69) is 0 Å². The molecule has 0 unspecified atom stereocenters. The Bertz CT molecular complexity index is 1050. The molecule has 0 amide bonds. The molecule has 2 aromatic carbocycles. The average molecular weight is 450 g/mol. The first-order valence-corrected chi connectivity index (χ1v) is 10.8. The minimum atomic E-state index is -4.49. The van der Waals surface area contributed by atoms with Gasteiger partial charge in [-0.2, -0.15) is 13.2 Å². The van der Waals surface area contributed by atoms with Crippen molar-refractivity contribution in [2.24, 2.45) is 0 Å². The van der Waals surface area contributed by atoms with E-state index in [9.17, 15) is 18.3 Å². The normalized spacial score (nSPS) is 26.0. The van der Waals surface area contributed by atoms with E-state index < -0.39 is 29.0 Å². The number of aliphatic hydroxyl groups excluding tert-OH is 1. The standard InChI is InChI=1S/C25H30F3NO3/c1-22(2)11-10-15-12-18-20(14-19(15)31-22)32-23(3,4)21(30)24(18,29(5)6)16-8-7-9-17(13-16)25(26,27)28/h7-9,12-14,21,30H,10-11H2,1-6H3/t21-,24-/m1/s1. The Morgan fingerprint density at radius 3 is 2.31 bits per heavy atom. The molecule has 0 spiro atoms. The van der Waals surface area contributed by atoms with Crippen molar-refractivity contribution in [3.8, 4) is 11.5 Å². The maximum absolute atomic E-state index is 13.6. The van der Waals surface area contributed by atoms with E-state index in [0.29, 0.717) is 22.6 Å². The number of aliphatic hydroxyl groups is 1. The van der Waals surface area contributed by atoms with Gasteiger partial charge >= 0.3 is 6.18 Å². The summed E-state index contributed by atoms with van der Waals surface area (Å²) in [6.45, 7) is 7.54. The van der Waals surface area contributed by atoms with Crippen LogP contribution in [0.2, 0.25) is 0 Å². The molecule has 4 nitrogen and oxygen atoms in total. The molecule has 2 atom stereocenters. The summed E-state index contributed by atoms with van der Waals surface area (Å²) in [5.74, 6) is 1.21. The highest BCUT2D eigenvalue weighted by Crippen LogP contribution is 2.53. The minimum absolute atomic E-state index is 0.315. The lowest BCUT2D eigenvalue weighted by Crippen LogP contribution is -2.64. The predicted molar refractivity (Wildman–Crippen MR) is 116 cm³/mol. The van der Waals surface area contributed by atoms with Gasteiger partial charge in [0.1, 0.15) is 34.3 Å². The summed E-state index contributed by atoms with van der Waals surface area (Å²) in [4.78, 5) is 1.79. The van der Waals surface area contributed by atoms with Crippen molar-refractivity contribution in [2.45, 2.75) is 69.6 Å². The van der Waals surface area contributed by atoms with Gasteiger partial charge in [0.2, 0.25) is 0 Å². The molecule has 1 N–H and O–H groups in total. The molecule has 7 heteroatoms. The molecule has 0 saturated heterocycles. The Morgan fingerprint density at radius 2 is 1.69 bits per heavy atom. The van der Waals surface area contributed by atoms with Crippen LogP contribution in [0.5, 0.6) is 11.5 Å². The van der Waals surface area contributed by atoms with E-state index in [1.165, 1.54) is 6.07 Å². The summed E-state index contributed by atoms with van der Waals surface area (Å²) in [7, 11) is 3.54. The van der Waals surface area contributed by atoms with E-state index in [-0.39, 0.29) is 5.60 Å². The molecule has 174 valence electrons. The van der Waals surface area contributed by atoms with Crippen LogP contribution in [-0.2, 0) is 18.1 Å². The van der Waals surface area contributed by atoms with E-state index >= 15 is 0 Å². The smallest absolute Gasteiger partial charge is 0.416 e. The average Bonchev–Trinajstić information content (AvgIpc) is 2.66. The summed E-state index contributed by atoms with van der Waals surface area (Å²) < 4.78 is 53.1. The number of likely N-dealkylation sites (N-methyl/N-ethyl adjacent to an activating group) is 1. The molecule has 0 bridgehead atoms. The molecule has 2 aliphatic heterocycles. The van der Waals surface area contributed by atoms with Crippen LogP contribution in [0.3, 0.4) is 0 Å². The third-order valence-corrected chi connectivity index (χ3v) is 6.72. The highest BCUT2D eigenvalue weighted by Gasteiger charge is 2.56. The molecule has 0 radical (unpaired) electrons. The second-order valence-electron chi connectivity index (χ2n) is 10.2. The highest BCUT2D eigenvalue weighted by atomic mass is 19.4.